The Morgan fingerprint density at radius 2 is 2.00 bits per heavy atom. The zero-order valence-corrected chi connectivity index (χ0v) is 12.0. The molecule has 0 saturated carbocycles. The molecule has 2 aliphatic heterocycles. The van der Waals surface area contributed by atoms with Gasteiger partial charge in [-0.1, -0.05) is 24.3 Å². The van der Waals surface area contributed by atoms with E-state index in [9.17, 15) is 4.79 Å². The summed E-state index contributed by atoms with van der Waals surface area (Å²) in [6.45, 7) is 4.52. The lowest BCUT2D eigenvalue weighted by Gasteiger charge is -2.26. The Kier molecular flexibility index (Phi) is 4.31. The molecule has 1 fully saturated rings. The molecular formula is C16H20N2O3. The van der Waals surface area contributed by atoms with E-state index in [1.165, 1.54) is 5.56 Å². The number of carboxylic acids is 1. The summed E-state index contributed by atoms with van der Waals surface area (Å²) in [7, 11) is 0. The minimum Gasteiger partial charge on any atom is -0.480 e. The molecule has 0 bridgehead atoms. The van der Waals surface area contributed by atoms with E-state index in [-0.39, 0.29) is 0 Å². The molecule has 0 amide bonds. The predicted octanol–water partition coefficient (Wildman–Crippen LogP) is 1.55. The van der Waals surface area contributed by atoms with Crippen LogP contribution in [0.5, 0.6) is 0 Å². The largest absolute Gasteiger partial charge is 0.480 e. The van der Waals surface area contributed by atoms with Gasteiger partial charge in [0.1, 0.15) is 6.04 Å². The lowest BCUT2D eigenvalue weighted by Crippen LogP contribution is -2.35. The molecule has 21 heavy (non-hydrogen) atoms. The number of carbonyl (C=O) groups is 1. The topological polar surface area (TPSA) is 62.1 Å². The monoisotopic (exact) mass is 288 g/mol. The molecule has 5 nitrogen and oxygen atoms in total. The Morgan fingerprint density at radius 3 is 2.62 bits per heavy atom. The van der Waals surface area contributed by atoms with Crippen LogP contribution in [0.25, 0.3) is 0 Å². The number of hydrogen-bond donors (Lipinski definition) is 1. The van der Waals surface area contributed by atoms with Crippen LogP contribution >= 0.6 is 0 Å². The van der Waals surface area contributed by atoms with Gasteiger partial charge in [-0.15, -0.1) is 0 Å². The summed E-state index contributed by atoms with van der Waals surface area (Å²) >= 11 is 0. The Labute approximate surface area is 124 Å². The van der Waals surface area contributed by atoms with Gasteiger partial charge in [0.15, 0.2) is 0 Å². The first-order valence-electron chi connectivity index (χ1n) is 7.41. The lowest BCUT2D eigenvalue weighted by molar-refractivity contribution is -0.138. The number of nitrogens with zero attached hydrogens (tertiary/aromatic N) is 2. The van der Waals surface area contributed by atoms with Crippen molar-refractivity contribution in [3.8, 4) is 0 Å². The zero-order valence-electron chi connectivity index (χ0n) is 12.0. The van der Waals surface area contributed by atoms with E-state index >= 15 is 0 Å². The second-order valence-corrected chi connectivity index (χ2v) is 5.55. The highest BCUT2D eigenvalue weighted by atomic mass is 16.5. The molecule has 1 atom stereocenters. The Hall–Kier alpha value is -1.72. The molecule has 2 aliphatic rings. The number of benzene rings is 1. The van der Waals surface area contributed by atoms with Gasteiger partial charge in [-0.25, -0.2) is 4.79 Å². The second-order valence-electron chi connectivity index (χ2n) is 5.55. The molecule has 0 spiro atoms. The minimum atomic E-state index is -0.825. The van der Waals surface area contributed by atoms with Crippen LogP contribution in [0, 0.1) is 0 Å². The highest BCUT2D eigenvalue weighted by molar-refractivity contribution is 6.03. The van der Waals surface area contributed by atoms with Crippen molar-refractivity contribution in [2.24, 2.45) is 4.99 Å². The Morgan fingerprint density at radius 1 is 1.29 bits per heavy atom. The van der Waals surface area contributed by atoms with Gasteiger partial charge >= 0.3 is 5.97 Å². The third-order valence-corrected chi connectivity index (χ3v) is 4.05. The normalized spacial score (nSPS) is 23.0. The van der Waals surface area contributed by atoms with Gasteiger partial charge in [0.05, 0.1) is 13.2 Å². The van der Waals surface area contributed by atoms with Gasteiger partial charge < -0.3 is 9.84 Å². The van der Waals surface area contributed by atoms with Gasteiger partial charge in [-0.3, -0.25) is 9.89 Å². The molecule has 0 aromatic heterocycles. The third kappa shape index (κ3) is 3.49. The van der Waals surface area contributed by atoms with E-state index in [4.69, 9.17) is 9.84 Å². The van der Waals surface area contributed by atoms with Crippen molar-refractivity contribution >= 4 is 11.7 Å². The second kappa shape index (κ2) is 6.37. The molecule has 1 unspecified atom stereocenters. The fourth-order valence-corrected chi connectivity index (χ4v) is 2.81. The first-order valence-corrected chi connectivity index (χ1v) is 7.41. The summed E-state index contributed by atoms with van der Waals surface area (Å²) in [5, 5.41) is 8.98. The maximum Gasteiger partial charge on any atom is 0.328 e. The van der Waals surface area contributed by atoms with Crippen LogP contribution in [0.15, 0.2) is 29.3 Å². The van der Waals surface area contributed by atoms with Crippen LogP contribution in [0.4, 0.5) is 0 Å². The number of ether oxygens (including phenoxy) is 1. The standard InChI is InChI=1S/C16H20N2O3/c19-16(20)15-6-5-14(17-15)13-3-1-12(2-4-13)11-18-7-9-21-10-8-18/h1-4,15H,5-11H2,(H,19,20). The van der Waals surface area contributed by atoms with E-state index < -0.39 is 12.0 Å². The summed E-state index contributed by atoms with van der Waals surface area (Å²) in [6.07, 6.45) is 1.36. The van der Waals surface area contributed by atoms with Crippen molar-refractivity contribution in [1.29, 1.82) is 0 Å². The molecule has 1 aromatic carbocycles. The van der Waals surface area contributed by atoms with Crippen LogP contribution < -0.4 is 0 Å². The van der Waals surface area contributed by atoms with Gasteiger partial charge in [0.25, 0.3) is 0 Å². The number of aliphatic imine (C=N–C) groups is 1. The number of morpholine rings is 1. The van der Waals surface area contributed by atoms with E-state index in [2.05, 4.69) is 34.2 Å². The third-order valence-electron chi connectivity index (χ3n) is 4.05. The molecule has 1 N–H and O–H groups in total. The molecular weight excluding hydrogens is 268 g/mol. The number of rotatable bonds is 4. The molecule has 3 rings (SSSR count). The van der Waals surface area contributed by atoms with E-state index in [0.29, 0.717) is 6.42 Å². The maximum atomic E-state index is 10.9. The molecule has 1 aromatic rings. The van der Waals surface area contributed by atoms with E-state index in [0.717, 1.165) is 50.5 Å². The van der Waals surface area contributed by atoms with Gasteiger partial charge in [-0.05, 0) is 24.0 Å². The maximum absolute atomic E-state index is 10.9. The summed E-state index contributed by atoms with van der Waals surface area (Å²) in [4.78, 5) is 17.6. The fraction of sp³-hybridized carbons (Fsp3) is 0.500. The average Bonchev–Trinajstić information content (AvgIpc) is 2.99. The van der Waals surface area contributed by atoms with Crippen LogP contribution in [-0.2, 0) is 16.1 Å². The van der Waals surface area contributed by atoms with Gasteiger partial charge in [-0.2, -0.15) is 0 Å². The van der Waals surface area contributed by atoms with E-state index in [1.54, 1.807) is 0 Å². The summed E-state index contributed by atoms with van der Waals surface area (Å²) in [5.74, 6) is -0.825. The number of carboxylic acid groups (broad SMARTS) is 1. The predicted molar refractivity (Wildman–Crippen MR) is 79.7 cm³/mol. The smallest absolute Gasteiger partial charge is 0.328 e. The molecule has 112 valence electrons. The fourth-order valence-electron chi connectivity index (χ4n) is 2.81. The summed E-state index contributed by atoms with van der Waals surface area (Å²) < 4.78 is 5.35. The SMILES string of the molecule is O=C(O)C1CCC(c2ccc(CN3CCOCC3)cc2)=N1. The van der Waals surface area contributed by atoms with Crippen molar-refractivity contribution in [3.63, 3.8) is 0 Å². The van der Waals surface area contributed by atoms with Crippen molar-refractivity contribution in [2.75, 3.05) is 26.3 Å². The van der Waals surface area contributed by atoms with Crippen molar-refractivity contribution in [2.45, 2.75) is 25.4 Å². The van der Waals surface area contributed by atoms with Crippen molar-refractivity contribution in [3.05, 3.63) is 35.4 Å². The molecule has 5 heteroatoms. The van der Waals surface area contributed by atoms with Gasteiger partial charge in [0, 0.05) is 25.3 Å². The van der Waals surface area contributed by atoms with E-state index in [1.807, 2.05) is 0 Å². The van der Waals surface area contributed by atoms with Crippen LogP contribution in [0.2, 0.25) is 0 Å². The molecule has 2 heterocycles. The Bertz CT molecular complexity index is 533. The quantitative estimate of drug-likeness (QED) is 0.913. The lowest BCUT2D eigenvalue weighted by atomic mass is 10.0. The van der Waals surface area contributed by atoms with Gasteiger partial charge in [0.2, 0.25) is 0 Å². The zero-order chi connectivity index (χ0) is 14.7. The highest BCUT2D eigenvalue weighted by Gasteiger charge is 2.24. The molecule has 1 saturated heterocycles. The summed E-state index contributed by atoms with van der Waals surface area (Å²) in [5.41, 5.74) is 3.24. The minimum absolute atomic E-state index is 0.562. The highest BCUT2D eigenvalue weighted by Crippen LogP contribution is 2.19. The van der Waals surface area contributed by atoms with Crippen molar-refractivity contribution in [1.82, 2.24) is 4.90 Å². The Balaban J connectivity index is 1.64. The van der Waals surface area contributed by atoms with Crippen LogP contribution in [-0.4, -0.2) is 54.0 Å². The molecule has 0 radical (unpaired) electrons. The van der Waals surface area contributed by atoms with Crippen LogP contribution in [0.3, 0.4) is 0 Å². The average molecular weight is 288 g/mol. The van der Waals surface area contributed by atoms with Crippen LogP contribution in [0.1, 0.15) is 24.0 Å². The molecule has 0 aliphatic carbocycles. The number of hydrogen-bond acceptors (Lipinski definition) is 4. The van der Waals surface area contributed by atoms with Crippen molar-refractivity contribution < 1.29 is 14.6 Å². The first kappa shape index (κ1) is 14.2. The summed E-state index contributed by atoms with van der Waals surface area (Å²) in [6, 6.07) is 7.77. The first-order chi connectivity index (χ1) is 10.2. The number of aliphatic carboxylic acids is 1.